The fourth-order valence-corrected chi connectivity index (χ4v) is 0.502. The van der Waals surface area contributed by atoms with Crippen LogP contribution in [0.4, 0.5) is 0 Å². The van der Waals surface area contributed by atoms with Crippen molar-refractivity contribution in [1.82, 2.24) is 0 Å². The van der Waals surface area contributed by atoms with E-state index in [9.17, 15) is 9.36 Å². The van der Waals surface area contributed by atoms with Gasteiger partial charge in [-0.25, -0.2) is 4.57 Å². The summed E-state index contributed by atoms with van der Waals surface area (Å²) in [5.41, 5.74) is 0. The molecular formula is C2H7CuK2O5P. The molecule has 0 amide bonds. The minimum absolute atomic E-state index is 0. The molecule has 11 heavy (non-hydrogen) atoms. The minimum Gasteiger partial charge on any atom is -1.00 e. The Morgan fingerprint density at radius 3 is 1.73 bits per heavy atom. The number of hydrogen-bond acceptors (Lipinski definition) is 3. The van der Waals surface area contributed by atoms with Crippen molar-refractivity contribution in [2.45, 2.75) is 6.92 Å². The topological polar surface area (TPSA) is 83.8 Å². The Hall–Kier alpha value is 3.41. The molecule has 0 bridgehead atoms. The molecule has 0 unspecified atom stereocenters. The molecule has 0 rings (SSSR count). The van der Waals surface area contributed by atoms with Gasteiger partial charge in [-0.1, -0.05) is 0 Å². The van der Waals surface area contributed by atoms with E-state index < -0.39 is 13.8 Å². The van der Waals surface area contributed by atoms with Gasteiger partial charge in [-0.05, 0) is 0 Å². The molecule has 0 saturated carbocycles. The Kier molecular flexibility index (Phi) is 25.0. The molecule has 0 aromatic heterocycles. The molecular weight excluding hydrogens is 277 g/mol. The Balaban J connectivity index is -0.0000000245. The first kappa shape index (κ1) is 23.9. The first-order valence-electron chi connectivity index (χ1n) is 1.67. The Bertz CT molecular complexity index is 153. The first-order valence-corrected chi connectivity index (χ1v) is 3.20. The summed E-state index contributed by atoms with van der Waals surface area (Å²) in [6.07, 6.45) is 0. The summed E-state index contributed by atoms with van der Waals surface area (Å²) < 4.78 is 13.2. The number of phosphoric acid groups is 1. The standard InChI is InChI=1S/C2H5O5P.Cu.2K.2H/c1-2(3)7-8(4,5)6;;;;;/h1H3,(H2,4,5,6);;;;;/q;;2*+1;2*-1. The average Bonchev–Trinajstić information content (AvgIpc) is 1.21. The zero-order valence-corrected chi connectivity index (χ0v) is 14.5. The molecule has 1 radical (unpaired) electrons. The van der Waals surface area contributed by atoms with Gasteiger partial charge in [-0.2, -0.15) is 0 Å². The molecule has 0 aromatic rings. The largest absolute Gasteiger partial charge is 1.00 e. The maximum Gasteiger partial charge on any atom is 1.00 e. The van der Waals surface area contributed by atoms with Crippen LogP contribution in [0.25, 0.3) is 0 Å². The van der Waals surface area contributed by atoms with Gasteiger partial charge >= 0.3 is 117 Å². The van der Waals surface area contributed by atoms with Crippen LogP contribution in [0, 0.1) is 0 Å². The van der Waals surface area contributed by atoms with Crippen LogP contribution >= 0.6 is 7.82 Å². The fraction of sp³-hybridized carbons (Fsp3) is 0.500. The molecule has 0 aliphatic rings. The van der Waals surface area contributed by atoms with Crippen molar-refractivity contribution in [2.24, 2.45) is 0 Å². The smallest absolute Gasteiger partial charge is 1.00 e. The summed E-state index contributed by atoms with van der Waals surface area (Å²) in [7, 11) is -4.57. The average molecular weight is 284 g/mol. The van der Waals surface area contributed by atoms with E-state index >= 15 is 0 Å². The van der Waals surface area contributed by atoms with Crippen molar-refractivity contribution in [1.29, 1.82) is 0 Å². The van der Waals surface area contributed by atoms with Crippen molar-refractivity contribution in [3.05, 3.63) is 0 Å². The summed E-state index contributed by atoms with van der Waals surface area (Å²) in [5.74, 6) is -0.988. The third-order valence-electron chi connectivity index (χ3n) is 0.247. The summed E-state index contributed by atoms with van der Waals surface area (Å²) in [6.45, 7) is 0.916. The maximum absolute atomic E-state index is 9.74. The Labute approximate surface area is 163 Å². The van der Waals surface area contributed by atoms with Crippen LogP contribution in [0.3, 0.4) is 0 Å². The van der Waals surface area contributed by atoms with Crippen LogP contribution in [0.5, 0.6) is 0 Å². The molecule has 5 nitrogen and oxygen atoms in total. The van der Waals surface area contributed by atoms with E-state index in [-0.39, 0.29) is 123 Å². The normalized spacial score (nSPS) is 7.91. The predicted molar refractivity (Wildman–Crippen MR) is 26.0 cm³/mol. The van der Waals surface area contributed by atoms with Gasteiger partial charge in [0, 0.05) is 24.0 Å². The second-order valence-electron chi connectivity index (χ2n) is 1.07. The fourth-order valence-electron chi connectivity index (χ4n) is 0.167. The number of carbonyl (C=O) groups is 1. The van der Waals surface area contributed by atoms with Gasteiger partial charge in [0.1, 0.15) is 0 Å². The van der Waals surface area contributed by atoms with Crippen LogP contribution in [0.15, 0.2) is 0 Å². The van der Waals surface area contributed by atoms with Crippen LogP contribution in [-0.4, -0.2) is 15.8 Å². The van der Waals surface area contributed by atoms with Crippen LogP contribution in [0.1, 0.15) is 9.78 Å². The number of carbonyl (C=O) groups excluding carboxylic acids is 1. The first-order chi connectivity index (χ1) is 3.42. The van der Waals surface area contributed by atoms with Crippen molar-refractivity contribution in [2.75, 3.05) is 0 Å². The molecule has 0 saturated heterocycles. The second-order valence-corrected chi connectivity index (χ2v) is 2.24. The van der Waals surface area contributed by atoms with Gasteiger partial charge < -0.3 is 7.38 Å². The third kappa shape index (κ3) is 24.7. The zero-order valence-electron chi connectivity index (χ0n) is 8.37. The van der Waals surface area contributed by atoms with E-state index in [2.05, 4.69) is 4.52 Å². The SMILES string of the molecule is CC(=O)OP(=O)(O)O.[Cu].[H-].[H-].[K+].[K+]. The Morgan fingerprint density at radius 1 is 1.45 bits per heavy atom. The molecule has 0 aromatic carbocycles. The van der Waals surface area contributed by atoms with E-state index in [0.29, 0.717) is 0 Å². The molecule has 9 heteroatoms. The summed E-state index contributed by atoms with van der Waals surface area (Å²) in [4.78, 5) is 25.5. The Morgan fingerprint density at radius 2 is 1.73 bits per heavy atom. The molecule has 2 N–H and O–H groups in total. The van der Waals surface area contributed by atoms with Crippen LogP contribution in [-0.2, 0) is 31.0 Å². The summed E-state index contributed by atoms with van der Waals surface area (Å²) in [5, 5.41) is 0. The predicted octanol–water partition coefficient (Wildman–Crippen LogP) is -6.13. The van der Waals surface area contributed by atoms with Gasteiger partial charge in [0.2, 0.25) is 0 Å². The molecule has 0 aliphatic carbocycles. The van der Waals surface area contributed by atoms with Gasteiger partial charge in [0.05, 0.1) is 0 Å². The molecule has 0 aliphatic heterocycles. The molecule has 63 valence electrons. The van der Waals surface area contributed by atoms with Crippen molar-refractivity contribution < 1.29 is 146 Å². The van der Waals surface area contributed by atoms with Gasteiger partial charge in [-0.3, -0.25) is 14.6 Å². The number of phosphoric ester groups is 1. The van der Waals surface area contributed by atoms with Crippen molar-refractivity contribution >= 4 is 13.8 Å². The van der Waals surface area contributed by atoms with Crippen LogP contribution in [0.2, 0.25) is 0 Å². The monoisotopic (exact) mass is 283 g/mol. The third-order valence-corrected chi connectivity index (χ3v) is 0.742. The van der Waals surface area contributed by atoms with Crippen LogP contribution < -0.4 is 103 Å². The van der Waals surface area contributed by atoms with E-state index in [4.69, 9.17) is 9.79 Å². The quantitative estimate of drug-likeness (QED) is 0.370. The van der Waals surface area contributed by atoms with E-state index in [0.717, 1.165) is 6.92 Å². The summed E-state index contributed by atoms with van der Waals surface area (Å²) in [6, 6.07) is 0. The van der Waals surface area contributed by atoms with Crippen molar-refractivity contribution in [3.63, 3.8) is 0 Å². The van der Waals surface area contributed by atoms with E-state index in [1.807, 2.05) is 0 Å². The van der Waals surface area contributed by atoms with E-state index in [1.165, 1.54) is 0 Å². The molecule has 0 spiro atoms. The zero-order chi connectivity index (χ0) is 6.78. The second kappa shape index (κ2) is 11.5. The maximum atomic E-state index is 9.74. The molecule has 0 fully saturated rings. The van der Waals surface area contributed by atoms with Gasteiger partial charge in [0.25, 0.3) is 0 Å². The number of rotatable bonds is 1. The van der Waals surface area contributed by atoms with E-state index in [1.54, 1.807) is 0 Å². The van der Waals surface area contributed by atoms with Crippen molar-refractivity contribution in [3.8, 4) is 0 Å². The molecule has 0 heterocycles. The minimum atomic E-state index is -4.57. The molecule has 0 atom stereocenters. The number of hydrogen-bond donors (Lipinski definition) is 2. The summed E-state index contributed by atoms with van der Waals surface area (Å²) >= 11 is 0. The van der Waals surface area contributed by atoms with Gasteiger partial charge in [-0.15, -0.1) is 0 Å². The van der Waals surface area contributed by atoms with Gasteiger partial charge in [0.15, 0.2) is 0 Å².